The van der Waals surface area contributed by atoms with Crippen molar-refractivity contribution in [3.8, 4) is 5.75 Å². The van der Waals surface area contributed by atoms with E-state index in [-0.39, 0.29) is 5.91 Å². The lowest BCUT2D eigenvalue weighted by Crippen LogP contribution is -2.52. The summed E-state index contributed by atoms with van der Waals surface area (Å²) in [6, 6.07) is 5.53. The summed E-state index contributed by atoms with van der Waals surface area (Å²) in [5.41, 5.74) is 2.85. The molecule has 1 saturated heterocycles. The van der Waals surface area contributed by atoms with Gasteiger partial charge >= 0.3 is 0 Å². The maximum atomic E-state index is 13.1. The third-order valence-electron chi connectivity index (χ3n) is 5.33. The minimum Gasteiger partial charge on any atom is -0.478 e. The number of fused-ring (bicyclic) bond motifs is 2. The number of piperazine rings is 1. The summed E-state index contributed by atoms with van der Waals surface area (Å²) in [6.07, 6.45) is 3.12. The number of benzene rings is 1. The quantitative estimate of drug-likeness (QED) is 0.504. The Morgan fingerprint density at radius 2 is 2.07 bits per heavy atom. The minimum atomic E-state index is -0.572. The summed E-state index contributed by atoms with van der Waals surface area (Å²) in [5.74, 6) is 1.35. The maximum absolute atomic E-state index is 13.1. The summed E-state index contributed by atoms with van der Waals surface area (Å²) in [7, 11) is 0. The average molecular weight is 407 g/mol. The molecule has 3 aromatic heterocycles. The van der Waals surface area contributed by atoms with Gasteiger partial charge in [0.25, 0.3) is 5.91 Å². The molecule has 2 N–H and O–H groups in total. The smallest absolute Gasteiger partial charge is 0.263 e. The summed E-state index contributed by atoms with van der Waals surface area (Å²) in [4.78, 5) is 32.9. The fourth-order valence-electron chi connectivity index (χ4n) is 3.74. The molecule has 1 aliphatic heterocycles. The van der Waals surface area contributed by atoms with Crippen molar-refractivity contribution in [3.63, 3.8) is 0 Å². The first-order valence-electron chi connectivity index (χ1n) is 9.89. The molecular weight excluding hydrogens is 386 g/mol. The van der Waals surface area contributed by atoms with Crippen LogP contribution in [-0.4, -0.2) is 78.4 Å². The molecule has 0 radical (unpaired) electrons. The molecule has 4 heterocycles. The van der Waals surface area contributed by atoms with Crippen LogP contribution in [0.1, 0.15) is 13.3 Å². The zero-order valence-corrected chi connectivity index (χ0v) is 16.4. The van der Waals surface area contributed by atoms with Crippen LogP contribution in [0.5, 0.6) is 5.75 Å². The van der Waals surface area contributed by atoms with E-state index in [1.165, 1.54) is 6.33 Å². The standard InChI is InChI=1S/C19H21N9O2/c1-2-13(30-14-5-3-4-12-15(14)25-26-24-12)19(29)28-8-6-27(7-9-28)18-16-17(21-10-20-16)22-11-23-18/h3-5,10-11,13H,2,6-9H2,1H3,(H,24,25,26)(H,20,21,22,23). The maximum Gasteiger partial charge on any atom is 0.263 e. The number of imidazole rings is 1. The van der Waals surface area contributed by atoms with Gasteiger partial charge in [0.15, 0.2) is 23.1 Å². The third kappa shape index (κ3) is 3.17. The van der Waals surface area contributed by atoms with Gasteiger partial charge in [-0.3, -0.25) is 9.89 Å². The molecule has 11 nitrogen and oxygen atoms in total. The van der Waals surface area contributed by atoms with E-state index in [1.807, 2.05) is 30.0 Å². The third-order valence-corrected chi connectivity index (χ3v) is 5.33. The molecule has 0 bridgehead atoms. The highest BCUT2D eigenvalue weighted by molar-refractivity contribution is 5.85. The second kappa shape index (κ2) is 7.58. The van der Waals surface area contributed by atoms with Gasteiger partial charge < -0.3 is 19.5 Å². The second-order valence-electron chi connectivity index (χ2n) is 7.09. The van der Waals surface area contributed by atoms with Gasteiger partial charge in [0.2, 0.25) is 0 Å². The first-order valence-corrected chi connectivity index (χ1v) is 9.89. The van der Waals surface area contributed by atoms with Crippen molar-refractivity contribution in [2.24, 2.45) is 0 Å². The Morgan fingerprint density at radius 1 is 1.20 bits per heavy atom. The Kier molecular flexibility index (Phi) is 4.62. The summed E-state index contributed by atoms with van der Waals surface area (Å²) >= 11 is 0. The number of ether oxygens (including phenoxy) is 1. The van der Waals surface area contributed by atoms with Gasteiger partial charge in [-0.25, -0.2) is 15.0 Å². The SMILES string of the molecule is CCC(Oc1cccc2[nH]nnc12)C(=O)N1CCN(c2ncnc3nc[nH]c23)CC1. The number of hydrogen-bond acceptors (Lipinski definition) is 8. The van der Waals surface area contributed by atoms with Crippen molar-refractivity contribution in [3.05, 3.63) is 30.9 Å². The lowest BCUT2D eigenvalue weighted by molar-refractivity contribution is -0.139. The van der Waals surface area contributed by atoms with Gasteiger partial charge in [0.1, 0.15) is 17.6 Å². The average Bonchev–Trinajstić information content (AvgIpc) is 3.46. The number of aromatic nitrogens is 7. The normalized spacial score (nSPS) is 15.6. The molecule has 154 valence electrons. The van der Waals surface area contributed by atoms with Crippen LogP contribution in [0.25, 0.3) is 22.2 Å². The molecule has 11 heteroatoms. The van der Waals surface area contributed by atoms with Crippen molar-refractivity contribution in [2.75, 3.05) is 31.1 Å². The van der Waals surface area contributed by atoms with Gasteiger partial charge in [0.05, 0.1) is 11.8 Å². The molecule has 1 aromatic carbocycles. The van der Waals surface area contributed by atoms with E-state index >= 15 is 0 Å². The zero-order valence-electron chi connectivity index (χ0n) is 16.4. The zero-order chi connectivity index (χ0) is 20.5. The minimum absolute atomic E-state index is 0.0213. The van der Waals surface area contributed by atoms with Crippen LogP contribution in [0.2, 0.25) is 0 Å². The number of carbonyl (C=O) groups is 1. The van der Waals surface area contributed by atoms with Crippen LogP contribution in [0, 0.1) is 0 Å². The summed E-state index contributed by atoms with van der Waals surface area (Å²) in [5, 5.41) is 10.7. The fourth-order valence-corrected chi connectivity index (χ4v) is 3.74. The van der Waals surface area contributed by atoms with E-state index in [2.05, 4.69) is 40.2 Å². The number of rotatable bonds is 5. The van der Waals surface area contributed by atoms with Gasteiger partial charge in [-0.1, -0.05) is 18.2 Å². The van der Waals surface area contributed by atoms with Gasteiger partial charge in [-0.2, -0.15) is 0 Å². The van der Waals surface area contributed by atoms with Gasteiger partial charge in [-0.15, -0.1) is 5.10 Å². The Hall–Kier alpha value is -3.76. The predicted octanol–water partition coefficient (Wildman–Crippen LogP) is 1.13. The molecule has 4 aromatic rings. The number of H-pyrrole nitrogens is 2. The Balaban J connectivity index is 1.27. The number of anilines is 1. The molecule has 5 rings (SSSR count). The molecule has 1 amide bonds. The Bertz CT molecular complexity index is 1180. The van der Waals surface area contributed by atoms with Crippen molar-refractivity contribution >= 4 is 33.9 Å². The van der Waals surface area contributed by atoms with E-state index in [0.29, 0.717) is 49.5 Å². The molecular formula is C19H21N9O2. The molecule has 1 aliphatic rings. The topological polar surface area (TPSA) is 129 Å². The number of hydrogen-bond donors (Lipinski definition) is 2. The van der Waals surface area contributed by atoms with Crippen molar-refractivity contribution < 1.29 is 9.53 Å². The van der Waals surface area contributed by atoms with Crippen molar-refractivity contribution in [1.29, 1.82) is 0 Å². The van der Waals surface area contributed by atoms with Crippen molar-refractivity contribution in [1.82, 2.24) is 40.2 Å². The monoisotopic (exact) mass is 407 g/mol. The highest BCUT2D eigenvalue weighted by Gasteiger charge is 2.29. The highest BCUT2D eigenvalue weighted by Crippen LogP contribution is 2.25. The number of amides is 1. The van der Waals surface area contributed by atoms with Gasteiger partial charge in [-0.05, 0) is 18.6 Å². The lowest BCUT2D eigenvalue weighted by Gasteiger charge is -2.36. The van der Waals surface area contributed by atoms with E-state index < -0.39 is 6.10 Å². The number of nitrogens with one attached hydrogen (secondary N) is 2. The number of carbonyl (C=O) groups excluding carboxylic acids is 1. The van der Waals surface area contributed by atoms with Crippen LogP contribution < -0.4 is 9.64 Å². The Labute approximate surface area is 171 Å². The van der Waals surface area contributed by atoms with E-state index in [4.69, 9.17) is 4.74 Å². The number of nitrogens with zero attached hydrogens (tertiary/aromatic N) is 7. The molecule has 1 fully saturated rings. The summed E-state index contributed by atoms with van der Waals surface area (Å²) in [6.45, 7) is 4.47. The number of aromatic amines is 2. The summed E-state index contributed by atoms with van der Waals surface area (Å²) < 4.78 is 6.05. The van der Waals surface area contributed by atoms with E-state index in [1.54, 1.807) is 6.33 Å². The molecule has 30 heavy (non-hydrogen) atoms. The van der Waals surface area contributed by atoms with E-state index in [9.17, 15) is 4.79 Å². The predicted molar refractivity (Wildman–Crippen MR) is 109 cm³/mol. The highest BCUT2D eigenvalue weighted by atomic mass is 16.5. The Morgan fingerprint density at radius 3 is 2.90 bits per heavy atom. The second-order valence-corrected chi connectivity index (χ2v) is 7.09. The van der Waals surface area contributed by atoms with Crippen LogP contribution in [-0.2, 0) is 4.79 Å². The molecule has 0 aliphatic carbocycles. The largest absolute Gasteiger partial charge is 0.478 e. The lowest BCUT2D eigenvalue weighted by atomic mass is 10.2. The first-order chi connectivity index (χ1) is 14.7. The molecule has 1 atom stereocenters. The van der Waals surface area contributed by atoms with Crippen LogP contribution in [0.4, 0.5) is 5.82 Å². The van der Waals surface area contributed by atoms with Crippen LogP contribution >= 0.6 is 0 Å². The molecule has 1 unspecified atom stereocenters. The van der Waals surface area contributed by atoms with Gasteiger partial charge in [0, 0.05) is 26.2 Å². The van der Waals surface area contributed by atoms with Crippen LogP contribution in [0.15, 0.2) is 30.9 Å². The van der Waals surface area contributed by atoms with E-state index in [0.717, 1.165) is 16.9 Å². The van der Waals surface area contributed by atoms with Crippen LogP contribution in [0.3, 0.4) is 0 Å². The fraction of sp³-hybridized carbons (Fsp3) is 0.368. The molecule has 0 saturated carbocycles. The van der Waals surface area contributed by atoms with Crippen molar-refractivity contribution in [2.45, 2.75) is 19.4 Å². The first kappa shape index (κ1) is 18.3. The molecule has 0 spiro atoms.